The molecule has 0 heterocycles. The Morgan fingerprint density at radius 3 is 0.667 bits per heavy atom. The van der Waals surface area contributed by atoms with Gasteiger partial charge in [-0.25, -0.2) is 0 Å². The molecule has 0 spiro atoms. The largest absolute Gasteiger partial charge is 3.00 e. The van der Waals surface area contributed by atoms with Crippen LogP contribution in [0.2, 0.25) is 0 Å². The van der Waals surface area contributed by atoms with Crippen LogP contribution in [0.1, 0.15) is 0 Å². The molecule has 0 aliphatic carbocycles. The summed E-state index contributed by atoms with van der Waals surface area (Å²) in [7, 11) is -10.3. The van der Waals surface area contributed by atoms with Gasteiger partial charge in [0.05, 0.1) is 0 Å². The van der Waals surface area contributed by atoms with E-state index in [0.717, 1.165) is 0 Å². The molecule has 0 saturated carbocycles. The molecule has 0 aliphatic rings. The van der Waals surface area contributed by atoms with Gasteiger partial charge in [0, 0.05) is 20.8 Å². The van der Waals surface area contributed by atoms with Crippen LogP contribution in [0.15, 0.2) is 0 Å². The van der Waals surface area contributed by atoms with Crippen LogP contribution in [0, 0.1) is 0 Å². The van der Waals surface area contributed by atoms with E-state index in [1.54, 1.807) is 0 Å². The van der Waals surface area contributed by atoms with Crippen molar-refractivity contribution in [2.45, 2.75) is 0 Å². The van der Waals surface area contributed by atoms with E-state index < -0.39 is 20.8 Å². The minimum atomic E-state index is -5.17. The molecule has 0 N–H and O–H groups in total. The molecule has 0 bridgehead atoms. The van der Waals surface area contributed by atoms with Gasteiger partial charge in [0.15, 0.2) is 0 Å². The first-order chi connectivity index (χ1) is 4.00. The van der Waals surface area contributed by atoms with E-state index in [1.807, 2.05) is 0 Å². The minimum Gasteiger partial charge on any atom is -0.759 e. The van der Waals surface area contributed by atoms with Gasteiger partial charge in [0.1, 0.15) is 0 Å². The van der Waals surface area contributed by atoms with E-state index >= 15 is 0 Å². The SMILES string of the molecule is O=S(=O)([O-])[O-].O=S(=O)([O-])[O-].[Ir+3].[K+]. The standard InChI is InChI=1S/Ir.K.2H2O4S/c;;2*1-5(2,3)4/h;;2*(H2,1,2,3,4)/q+3;+1;;/p-4. The van der Waals surface area contributed by atoms with Crippen LogP contribution in [-0.4, -0.2) is 35.0 Å². The fourth-order valence-electron chi connectivity index (χ4n) is 0. The quantitative estimate of drug-likeness (QED) is 0.212. The summed E-state index contributed by atoms with van der Waals surface area (Å²) in [5.74, 6) is 0. The van der Waals surface area contributed by atoms with Crippen LogP contribution in [0.3, 0.4) is 0 Å². The van der Waals surface area contributed by atoms with E-state index in [1.165, 1.54) is 0 Å². The molecule has 12 heteroatoms. The van der Waals surface area contributed by atoms with E-state index in [9.17, 15) is 0 Å². The van der Waals surface area contributed by atoms with Gasteiger partial charge in [-0.05, 0) is 0 Å². The van der Waals surface area contributed by atoms with Crippen molar-refractivity contribution in [3.05, 3.63) is 0 Å². The topological polar surface area (TPSA) is 161 Å². The van der Waals surface area contributed by atoms with Gasteiger partial charge in [-0.3, -0.25) is 16.8 Å². The third kappa shape index (κ3) is 356. The molecule has 70 valence electrons. The van der Waals surface area contributed by atoms with Crippen molar-refractivity contribution in [2.75, 3.05) is 0 Å². The van der Waals surface area contributed by atoms with Crippen LogP contribution in [-0.2, 0) is 40.9 Å². The van der Waals surface area contributed by atoms with Crippen molar-refractivity contribution in [3.8, 4) is 0 Å². The van der Waals surface area contributed by atoms with E-state index in [0.29, 0.717) is 0 Å². The van der Waals surface area contributed by atoms with Crippen molar-refractivity contribution in [1.82, 2.24) is 0 Å². The van der Waals surface area contributed by atoms with Crippen molar-refractivity contribution >= 4 is 20.8 Å². The first-order valence-corrected chi connectivity index (χ1v) is 4.00. The molecular formula is IrKO8S2. The first kappa shape index (κ1) is 23.7. The second kappa shape index (κ2) is 9.58. The zero-order chi connectivity index (χ0) is 9.00. The van der Waals surface area contributed by atoms with Crippen LogP contribution in [0.4, 0.5) is 0 Å². The van der Waals surface area contributed by atoms with Crippen molar-refractivity contribution in [2.24, 2.45) is 0 Å². The molecule has 0 aromatic carbocycles. The van der Waals surface area contributed by atoms with Gasteiger partial charge < -0.3 is 18.2 Å². The smallest absolute Gasteiger partial charge is 0.759 e. The maximum atomic E-state index is 8.52. The van der Waals surface area contributed by atoms with Gasteiger partial charge in [0.2, 0.25) is 0 Å². The molecule has 0 fully saturated rings. The summed E-state index contributed by atoms with van der Waals surface area (Å²) < 4.78 is 68.2. The van der Waals surface area contributed by atoms with Gasteiger partial charge in [-0.2, -0.15) is 0 Å². The van der Waals surface area contributed by atoms with Crippen molar-refractivity contribution < 1.29 is 107 Å². The minimum absolute atomic E-state index is 0. The molecule has 0 aromatic rings. The van der Waals surface area contributed by atoms with E-state index in [2.05, 4.69) is 0 Å². The Kier molecular flexibility index (Phi) is 18.9. The van der Waals surface area contributed by atoms with E-state index in [-0.39, 0.29) is 71.5 Å². The monoisotopic (exact) mass is 424 g/mol. The summed E-state index contributed by atoms with van der Waals surface area (Å²) in [6.07, 6.45) is 0. The molecule has 0 unspecified atom stereocenters. The third-order valence-corrected chi connectivity index (χ3v) is 0. The predicted molar refractivity (Wildman–Crippen MR) is 20.9 cm³/mol. The average Bonchev–Trinajstić information content (AvgIpc) is 1.12. The Morgan fingerprint density at radius 1 is 0.667 bits per heavy atom. The number of hydrogen-bond acceptors (Lipinski definition) is 8. The maximum absolute atomic E-state index is 8.52. The Morgan fingerprint density at radius 2 is 0.667 bits per heavy atom. The molecular weight excluding hydrogens is 423 g/mol. The van der Waals surface area contributed by atoms with Crippen molar-refractivity contribution in [3.63, 3.8) is 0 Å². The molecule has 12 heavy (non-hydrogen) atoms. The van der Waals surface area contributed by atoms with Crippen LogP contribution < -0.4 is 51.4 Å². The Bertz CT molecular complexity index is 213. The van der Waals surface area contributed by atoms with E-state index in [4.69, 9.17) is 35.0 Å². The zero-order valence-electron chi connectivity index (χ0n) is 5.42. The molecule has 0 rings (SSSR count). The molecule has 8 nitrogen and oxygen atoms in total. The van der Waals surface area contributed by atoms with Gasteiger partial charge >= 0.3 is 71.5 Å². The predicted octanol–water partition coefficient (Wildman–Crippen LogP) is -5.67. The summed E-state index contributed by atoms with van der Waals surface area (Å²) in [6.45, 7) is 0. The third-order valence-electron chi connectivity index (χ3n) is 0. The zero-order valence-corrected chi connectivity index (χ0v) is 12.6. The Hall–Kier alpha value is 2.03. The van der Waals surface area contributed by atoms with Crippen LogP contribution in [0.5, 0.6) is 0 Å². The maximum Gasteiger partial charge on any atom is 3.00 e. The fraction of sp³-hybridized carbons (Fsp3) is 0. The van der Waals surface area contributed by atoms with Gasteiger partial charge in [-0.15, -0.1) is 0 Å². The average molecular weight is 423 g/mol. The number of rotatable bonds is 0. The molecule has 0 radical (unpaired) electrons. The molecule has 0 atom stereocenters. The Labute approximate surface area is 125 Å². The Balaban J connectivity index is -0.0000000457. The normalized spacial score (nSPS) is 9.67. The summed E-state index contributed by atoms with van der Waals surface area (Å²) in [5.41, 5.74) is 0. The second-order valence-corrected chi connectivity index (χ2v) is 2.45. The summed E-state index contributed by atoms with van der Waals surface area (Å²) in [6, 6.07) is 0. The molecule has 0 aliphatic heterocycles. The second-order valence-electron chi connectivity index (χ2n) is 0.816. The van der Waals surface area contributed by atoms with Crippen LogP contribution in [0.25, 0.3) is 0 Å². The molecule has 0 amide bonds. The first-order valence-electron chi connectivity index (χ1n) is 1.33. The summed E-state index contributed by atoms with van der Waals surface area (Å²) in [4.78, 5) is 0. The summed E-state index contributed by atoms with van der Waals surface area (Å²) >= 11 is 0. The van der Waals surface area contributed by atoms with Crippen molar-refractivity contribution in [1.29, 1.82) is 0 Å². The van der Waals surface area contributed by atoms with Gasteiger partial charge in [-0.1, -0.05) is 0 Å². The number of hydrogen-bond donors (Lipinski definition) is 0. The van der Waals surface area contributed by atoms with Crippen LogP contribution >= 0.6 is 0 Å². The molecule has 0 aromatic heterocycles. The summed E-state index contributed by atoms with van der Waals surface area (Å²) in [5, 5.41) is 0. The molecule has 0 saturated heterocycles. The van der Waals surface area contributed by atoms with Gasteiger partial charge in [0.25, 0.3) is 0 Å². The fourth-order valence-corrected chi connectivity index (χ4v) is 0.